The summed E-state index contributed by atoms with van der Waals surface area (Å²) in [5.74, 6) is 5.05. The van der Waals surface area contributed by atoms with E-state index in [1.54, 1.807) is 13.0 Å². The first kappa shape index (κ1) is 16.5. The lowest BCUT2D eigenvalue weighted by Gasteiger charge is -2.22. The molecular formula is C17H26N2O. The fourth-order valence-electron chi connectivity index (χ4n) is 2.27. The van der Waals surface area contributed by atoms with Gasteiger partial charge in [-0.15, -0.1) is 0 Å². The summed E-state index contributed by atoms with van der Waals surface area (Å²) in [5, 5.41) is 6.75. The van der Waals surface area contributed by atoms with Crippen LogP contribution in [0.15, 0.2) is 16.9 Å². The van der Waals surface area contributed by atoms with E-state index in [1.807, 2.05) is 11.9 Å². The van der Waals surface area contributed by atoms with Gasteiger partial charge >= 0.3 is 0 Å². The maximum absolute atomic E-state index is 11.6. The molecule has 1 aliphatic carbocycles. The van der Waals surface area contributed by atoms with E-state index in [-0.39, 0.29) is 5.78 Å². The molecule has 0 saturated heterocycles. The molecule has 0 aromatic rings. The highest BCUT2D eigenvalue weighted by Crippen LogP contribution is 2.17. The number of hydrazone groups is 1. The van der Waals surface area contributed by atoms with Crippen molar-refractivity contribution in [3.63, 3.8) is 0 Å². The second-order valence-electron chi connectivity index (χ2n) is 5.23. The first-order valence-corrected chi connectivity index (χ1v) is 7.66. The van der Waals surface area contributed by atoms with E-state index in [9.17, 15) is 4.79 Å². The Labute approximate surface area is 123 Å². The van der Waals surface area contributed by atoms with Crippen LogP contribution < -0.4 is 0 Å². The maximum atomic E-state index is 11.6. The summed E-state index contributed by atoms with van der Waals surface area (Å²) in [6.07, 6.45) is 9.78. The minimum absolute atomic E-state index is 0.143. The lowest BCUT2D eigenvalue weighted by atomic mass is 9.99. The smallest absolute Gasteiger partial charge is 0.230 e. The molecule has 1 aliphatic rings. The average molecular weight is 274 g/mol. The van der Waals surface area contributed by atoms with Crippen molar-refractivity contribution in [2.45, 2.75) is 65.7 Å². The summed E-state index contributed by atoms with van der Waals surface area (Å²) in [7, 11) is 0. The van der Waals surface area contributed by atoms with Gasteiger partial charge in [-0.25, -0.2) is 0 Å². The van der Waals surface area contributed by atoms with Crippen LogP contribution in [0.25, 0.3) is 0 Å². The number of nitrogens with zero attached hydrogens (tertiary/aromatic N) is 2. The molecule has 0 spiro atoms. The molecule has 1 saturated carbocycles. The highest BCUT2D eigenvalue weighted by atomic mass is 16.1. The quantitative estimate of drug-likeness (QED) is 0.318. The van der Waals surface area contributed by atoms with Crippen LogP contribution in [0.2, 0.25) is 0 Å². The molecule has 0 unspecified atom stereocenters. The summed E-state index contributed by atoms with van der Waals surface area (Å²) < 4.78 is 0. The maximum Gasteiger partial charge on any atom is 0.230 e. The predicted octanol–water partition coefficient (Wildman–Crippen LogP) is 3.90. The number of hydrogen-bond donors (Lipinski definition) is 0. The Morgan fingerprint density at radius 1 is 1.35 bits per heavy atom. The van der Waals surface area contributed by atoms with E-state index in [0.29, 0.717) is 0 Å². The van der Waals surface area contributed by atoms with E-state index in [0.717, 1.165) is 37.9 Å². The third kappa shape index (κ3) is 6.06. The normalized spacial score (nSPS) is 15.3. The van der Waals surface area contributed by atoms with Crippen molar-refractivity contribution in [1.82, 2.24) is 5.01 Å². The van der Waals surface area contributed by atoms with Crippen LogP contribution in [0.3, 0.4) is 0 Å². The molecule has 0 aromatic carbocycles. The van der Waals surface area contributed by atoms with Crippen molar-refractivity contribution in [3.8, 4) is 11.8 Å². The molecule has 3 nitrogen and oxygen atoms in total. The first-order valence-electron chi connectivity index (χ1n) is 7.66. The van der Waals surface area contributed by atoms with Crippen LogP contribution in [0, 0.1) is 11.8 Å². The number of carbonyl (C=O) groups is 1. The van der Waals surface area contributed by atoms with Crippen LogP contribution in [-0.2, 0) is 4.79 Å². The Bertz CT molecular complexity index is 430. The predicted molar refractivity (Wildman–Crippen MR) is 84.3 cm³/mol. The van der Waals surface area contributed by atoms with Crippen molar-refractivity contribution >= 4 is 11.5 Å². The molecule has 20 heavy (non-hydrogen) atoms. The fraction of sp³-hybridized carbons (Fsp3) is 0.647. The molecule has 0 bridgehead atoms. The van der Waals surface area contributed by atoms with E-state index in [1.165, 1.54) is 25.0 Å². The van der Waals surface area contributed by atoms with E-state index >= 15 is 0 Å². The molecular weight excluding hydrogens is 248 g/mol. The van der Waals surface area contributed by atoms with Gasteiger partial charge in [0.25, 0.3) is 0 Å². The summed E-state index contributed by atoms with van der Waals surface area (Å²) in [6, 6.07) is 0. The van der Waals surface area contributed by atoms with Gasteiger partial charge in [0, 0.05) is 24.0 Å². The molecule has 0 aromatic heterocycles. The highest BCUT2D eigenvalue weighted by Gasteiger charge is 2.11. The van der Waals surface area contributed by atoms with Crippen molar-refractivity contribution in [3.05, 3.63) is 11.8 Å². The molecule has 0 heterocycles. The molecule has 0 amide bonds. The minimum atomic E-state index is -0.143. The van der Waals surface area contributed by atoms with Gasteiger partial charge in [-0.2, -0.15) is 5.10 Å². The van der Waals surface area contributed by atoms with E-state index in [4.69, 9.17) is 5.10 Å². The first-order chi connectivity index (χ1) is 9.67. The number of hydrogen-bond acceptors (Lipinski definition) is 3. The van der Waals surface area contributed by atoms with Gasteiger partial charge in [0.1, 0.15) is 0 Å². The largest absolute Gasteiger partial charge is 0.280 e. The highest BCUT2D eigenvalue weighted by molar-refractivity contribution is 6.04. The molecule has 3 heteroatoms. The summed E-state index contributed by atoms with van der Waals surface area (Å²) in [6.45, 7) is 6.66. The number of rotatable bonds is 6. The number of carbonyl (C=O) groups excluding carboxylic acids is 1. The number of ketones is 1. The Kier molecular flexibility index (Phi) is 7.72. The van der Waals surface area contributed by atoms with Gasteiger partial charge in [-0.1, -0.05) is 25.7 Å². The SMILES string of the molecule is CC#CC(=O)/C=C(\C)N(CCCC)N=C1CCCCC1. The number of allylic oxidation sites excluding steroid dienone is 2. The van der Waals surface area contributed by atoms with Crippen molar-refractivity contribution < 1.29 is 4.79 Å². The van der Waals surface area contributed by atoms with Crippen LogP contribution in [0.4, 0.5) is 0 Å². The molecule has 1 rings (SSSR count). The van der Waals surface area contributed by atoms with Crippen LogP contribution in [-0.4, -0.2) is 23.0 Å². The van der Waals surface area contributed by atoms with Gasteiger partial charge in [-0.3, -0.25) is 9.80 Å². The lowest BCUT2D eigenvalue weighted by molar-refractivity contribution is -0.109. The van der Waals surface area contributed by atoms with Gasteiger partial charge in [0.05, 0.1) is 0 Å². The van der Waals surface area contributed by atoms with Crippen molar-refractivity contribution in [2.24, 2.45) is 5.10 Å². The summed E-state index contributed by atoms with van der Waals surface area (Å²) in [4.78, 5) is 11.6. The fourth-order valence-corrected chi connectivity index (χ4v) is 2.27. The van der Waals surface area contributed by atoms with Gasteiger partial charge in [0.2, 0.25) is 5.78 Å². The van der Waals surface area contributed by atoms with E-state index < -0.39 is 0 Å². The van der Waals surface area contributed by atoms with Gasteiger partial charge in [-0.05, 0) is 51.9 Å². The Morgan fingerprint density at radius 3 is 2.65 bits per heavy atom. The van der Waals surface area contributed by atoms with Gasteiger partial charge < -0.3 is 0 Å². The second-order valence-corrected chi connectivity index (χ2v) is 5.23. The lowest BCUT2D eigenvalue weighted by Crippen LogP contribution is -2.21. The van der Waals surface area contributed by atoms with Crippen LogP contribution >= 0.6 is 0 Å². The zero-order valence-corrected chi connectivity index (χ0v) is 13.0. The van der Waals surface area contributed by atoms with Crippen LogP contribution in [0.5, 0.6) is 0 Å². The molecule has 1 fully saturated rings. The number of unbranched alkanes of at least 4 members (excludes halogenated alkanes) is 1. The Morgan fingerprint density at radius 2 is 2.05 bits per heavy atom. The van der Waals surface area contributed by atoms with Crippen LogP contribution in [0.1, 0.15) is 65.7 Å². The van der Waals surface area contributed by atoms with E-state index in [2.05, 4.69) is 18.8 Å². The molecule has 110 valence electrons. The third-order valence-corrected chi connectivity index (χ3v) is 3.41. The molecule has 0 aliphatic heterocycles. The Balaban J connectivity index is 2.80. The third-order valence-electron chi connectivity index (χ3n) is 3.41. The minimum Gasteiger partial charge on any atom is -0.280 e. The Hall–Kier alpha value is -1.56. The molecule has 0 radical (unpaired) electrons. The zero-order valence-electron chi connectivity index (χ0n) is 13.0. The average Bonchev–Trinajstić information content (AvgIpc) is 2.44. The summed E-state index contributed by atoms with van der Waals surface area (Å²) in [5.41, 5.74) is 2.17. The molecule has 0 N–H and O–H groups in total. The molecule has 0 atom stereocenters. The zero-order chi connectivity index (χ0) is 14.8. The second kappa shape index (κ2) is 9.36. The monoisotopic (exact) mass is 274 g/mol. The van der Waals surface area contributed by atoms with Crippen molar-refractivity contribution in [2.75, 3.05) is 6.54 Å². The summed E-state index contributed by atoms with van der Waals surface area (Å²) >= 11 is 0. The topological polar surface area (TPSA) is 32.7 Å². The van der Waals surface area contributed by atoms with Gasteiger partial charge in [0.15, 0.2) is 0 Å². The standard InChI is InChI=1S/C17H26N2O/c1-4-6-13-19(15(3)14-17(20)10-5-2)18-16-11-8-7-9-12-16/h14H,4,6-9,11-13H2,1-3H3/b15-14+. The van der Waals surface area contributed by atoms with Crippen molar-refractivity contribution in [1.29, 1.82) is 0 Å².